The van der Waals surface area contributed by atoms with Crippen LogP contribution in [0.5, 0.6) is 0 Å². The second-order valence-corrected chi connectivity index (χ2v) is 8.91. The second kappa shape index (κ2) is 10.1. The lowest BCUT2D eigenvalue weighted by molar-refractivity contribution is -0.151. The minimum Gasteiger partial charge on any atom is -0.454 e. The maximum atomic E-state index is 12.4. The lowest BCUT2D eigenvalue weighted by atomic mass is 10.1. The summed E-state index contributed by atoms with van der Waals surface area (Å²) in [5.41, 5.74) is 4.31. The van der Waals surface area contributed by atoms with Gasteiger partial charge in [0, 0.05) is 0 Å². The molecular formula is C18H21N3O6S2. The van der Waals surface area contributed by atoms with Crippen molar-refractivity contribution in [3.05, 3.63) is 52.7 Å². The van der Waals surface area contributed by atoms with Crippen LogP contribution in [0.1, 0.15) is 23.5 Å². The monoisotopic (exact) mass is 439 g/mol. The second-order valence-electron chi connectivity index (χ2n) is 6.24. The van der Waals surface area contributed by atoms with Crippen molar-refractivity contribution >= 4 is 39.1 Å². The summed E-state index contributed by atoms with van der Waals surface area (Å²) in [6.45, 7) is 2.60. The number of sulfonamides is 1. The Kier molecular flexibility index (Phi) is 7.88. The zero-order valence-corrected chi connectivity index (χ0v) is 17.4. The Morgan fingerprint density at radius 1 is 1.03 bits per heavy atom. The Balaban J connectivity index is 1.89. The van der Waals surface area contributed by atoms with E-state index in [1.807, 2.05) is 0 Å². The molecule has 2 aromatic rings. The molecule has 0 saturated heterocycles. The van der Waals surface area contributed by atoms with Gasteiger partial charge in [-0.05, 0) is 29.5 Å². The standard InChI is InChI=1S/C18H21N3O6S2/c1-12(2)16(21-29(25,26)13-7-4-3-5-8-13)18(24)27-11-15(22)19-20-17(23)14-9-6-10-28-14/h3-10,12,16,21H,11H2,1-2H3,(H,19,22)(H,20,23). The third-order valence-corrected chi connectivity index (χ3v) is 5.99. The van der Waals surface area contributed by atoms with Gasteiger partial charge in [-0.1, -0.05) is 38.1 Å². The quantitative estimate of drug-likeness (QED) is 0.416. The smallest absolute Gasteiger partial charge is 0.324 e. The molecule has 2 amide bonds. The highest BCUT2D eigenvalue weighted by molar-refractivity contribution is 7.89. The molecule has 1 aromatic heterocycles. The van der Waals surface area contributed by atoms with E-state index in [0.717, 1.165) is 0 Å². The Labute approximate surface area is 172 Å². The predicted molar refractivity (Wildman–Crippen MR) is 106 cm³/mol. The van der Waals surface area contributed by atoms with Gasteiger partial charge in [0.15, 0.2) is 6.61 Å². The topological polar surface area (TPSA) is 131 Å². The van der Waals surface area contributed by atoms with Crippen molar-refractivity contribution in [1.82, 2.24) is 15.6 Å². The molecule has 1 unspecified atom stereocenters. The first-order chi connectivity index (χ1) is 13.7. The number of benzene rings is 1. The van der Waals surface area contributed by atoms with Gasteiger partial charge in [0.1, 0.15) is 6.04 Å². The van der Waals surface area contributed by atoms with Gasteiger partial charge < -0.3 is 4.74 Å². The molecule has 9 nitrogen and oxygen atoms in total. The Hall–Kier alpha value is -2.76. The number of esters is 1. The first-order valence-corrected chi connectivity index (χ1v) is 10.9. The number of rotatable bonds is 8. The van der Waals surface area contributed by atoms with Gasteiger partial charge in [-0.3, -0.25) is 25.2 Å². The summed E-state index contributed by atoms with van der Waals surface area (Å²) in [5.74, 6) is -2.60. The zero-order chi connectivity index (χ0) is 21.4. The molecule has 0 fully saturated rings. The van der Waals surface area contributed by atoms with Crippen molar-refractivity contribution in [2.45, 2.75) is 24.8 Å². The normalized spacial score (nSPS) is 12.2. The summed E-state index contributed by atoms with van der Waals surface area (Å²) in [7, 11) is -3.94. The van der Waals surface area contributed by atoms with Crippen molar-refractivity contribution in [1.29, 1.82) is 0 Å². The van der Waals surface area contributed by atoms with E-state index >= 15 is 0 Å². The van der Waals surface area contributed by atoms with Crippen LogP contribution in [0.4, 0.5) is 0 Å². The van der Waals surface area contributed by atoms with E-state index in [1.165, 1.54) is 23.5 Å². The fraction of sp³-hybridized carbons (Fsp3) is 0.278. The molecule has 1 atom stereocenters. The van der Waals surface area contributed by atoms with Gasteiger partial charge in [-0.25, -0.2) is 8.42 Å². The number of carbonyl (C=O) groups excluding carboxylic acids is 3. The van der Waals surface area contributed by atoms with Crippen LogP contribution in [-0.2, 0) is 24.3 Å². The lowest BCUT2D eigenvalue weighted by Gasteiger charge is -2.20. The summed E-state index contributed by atoms with van der Waals surface area (Å²) in [4.78, 5) is 36.2. The SMILES string of the molecule is CC(C)C(NS(=O)(=O)c1ccccc1)C(=O)OCC(=O)NNC(=O)c1cccs1. The van der Waals surface area contributed by atoms with Crippen molar-refractivity contribution in [3.63, 3.8) is 0 Å². The van der Waals surface area contributed by atoms with Crippen LogP contribution in [0.3, 0.4) is 0 Å². The average Bonchev–Trinajstić information content (AvgIpc) is 3.24. The molecule has 0 saturated carbocycles. The third kappa shape index (κ3) is 6.66. The van der Waals surface area contributed by atoms with E-state index in [4.69, 9.17) is 4.74 Å². The van der Waals surface area contributed by atoms with Gasteiger partial charge in [-0.15, -0.1) is 11.3 Å². The van der Waals surface area contributed by atoms with Crippen LogP contribution in [0.2, 0.25) is 0 Å². The van der Waals surface area contributed by atoms with Crippen LogP contribution >= 0.6 is 11.3 Å². The summed E-state index contributed by atoms with van der Waals surface area (Å²) < 4.78 is 32.1. The average molecular weight is 440 g/mol. The minimum atomic E-state index is -3.94. The van der Waals surface area contributed by atoms with Crippen LogP contribution in [0.15, 0.2) is 52.7 Å². The number of hydrogen-bond acceptors (Lipinski definition) is 7. The largest absolute Gasteiger partial charge is 0.454 e. The highest BCUT2D eigenvalue weighted by Gasteiger charge is 2.30. The van der Waals surface area contributed by atoms with Crippen molar-refractivity contribution in [2.24, 2.45) is 5.92 Å². The zero-order valence-electron chi connectivity index (χ0n) is 15.7. The summed E-state index contributed by atoms with van der Waals surface area (Å²) in [5, 5.41) is 1.71. The molecule has 2 rings (SSSR count). The highest BCUT2D eigenvalue weighted by atomic mass is 32.2. The number of thiophene rings is 1. The van der Waals surface area contributed by atoms with Gasteiger partial charge >= 0.3 is 5.97 Å². The van der Waals surface area contributed by atoms with Crippen LogP contribution in [-0.4, -0.2) is 38.9 Å². The number of hydrogen-bond donors (Lipinski definition) is 3. The molecule has 1 heterocycles. The molecule has 0 aliphatic rings. The fourth-order valence-electron chi connectivity index (χ4n) is 2.15. The molecule has 156 valence electrons. The molecule has 0 aliphatic carbocycles. The molecule has 0 radical (unpaired) electrons. The Morgan fingerprint density at radius 2 is 1.72 bits per heavy atom. The number of nitrogens with one attached hydrogen (secondary N) is 3. The first kappa shape index (κ1) is 22.5. The van der Waals surface area contributed by atoms with Crippen LogP contribution in [0.25, 0.3) is 0 Å². The molecule has 11 heteroatoms. The molecule has 3 N–H and O–H groups in total. The minimum absolute atomic E-state index is 0.00693. The highest BCUT2D eigenvalue weighted by Crippen LogP contribution is 2.12. The van der Waals surface area contributed by atoms with E-state index in [-0.39, 0.29) is 4.90 Å². The van der Waals surface area contributed by atoms with E-state index in [0.29, 0.717) is 4.88 Å². The van der Waals surface area contributed by atoms with Gasteiger partial charge in [0.2, 0.25) is 10.0 Å². The fourth-order valence-corrected chi connectivity index (χ4v) is 4.12. The first-order valence-electron chi connectivity index (χ1n) is 8.57. The Bertz CT molecular complexity index is 943. The van der Waals surface area contributed by atoms with E-state index in [9.17, 15) is 22.8 Å². The predicted octanol–water partition coefficient (Wildman–Crippen LogP) is 1.06. The number of ether oxygens (including phenoxy) is 1. The molecular weight excluding hydrogens is 418 g/mol. The van der Waals surface area contributed by atoms with E-state index in [1.54, 1.807) is 49.6 Å². The van der Waals surface area contributed by atoms with E-state index in [2.05, 4.69) is 15.6 Å². The number of hydrazine groups is 1. The maximum Gasteiger partial charge on any atom is 0.324 e. The molecule has 1 aromatic carbocycles. The summed E-state index contributed by atoms with van der Waals surface area (Å²) in [6, 6.07) is 9.67. The van der Waals surface area contributed by atoms with Crippen LogP contribution < -0.4 is 15.6 Å². The maximum absolute atomic E-state index is 12.4. The van der Waals surface area contributed by atoms with Crippen LogP contribution in [0, 0.1) is 5.92 Å². The van der Waals surface area contributed by atoms with Crippen molar-refractivity contribution < 1.29 is 27.5 Å². The van der Waals surface area contributed by atoms with Crippen molar-refractivity contribution in [2.75, 3.05) is 6.61 Å². The summed E-state index contributed by atoms with van der Waals surface area (Å²) >= 11 is 1.20. The molecule has 0 bridgehead atoms. The molecule has 29 heavy (non-hydrogen) atoms. The molecule has 0 spiro atoms. The Morgan fingerprint density at radius 3 is 2.31 bits per heavy atom. The van der Waals surface area contributed by atoms with Gasteiger partial charge in [-0.2, -0.15) is 4.72 Å². The third-order valence-electron chi connectivity index (χ3n) is 3.66. The van der Waals surface area contributed by atoms with E-state index < -0.39 is 46.4 Å². The number of carbonyl (C=O) groups is 3. The van der Waals surface area contributed by atoms with Gasteiger partial charge in [0.05, 0.1) is 9.77 Å². The summed E-state index contributed by atoms with van der Waals surface area (Å²) in [6.07, 6.45) is 0. The number of amides is 2. The lowest BCUT2D eigenvalue weighted by Crippen LogP contribution is -2.47. The van der Waals surface area contributed by atoms with Gasteiger partial charge in [0.25, 0.3) is 11.8 Å². The van der Waals surface area contributed by atoms with Crippen molar-refractivity contribution in [3.8, 4) is 0 Å². The molecule has 0 aliphatic heterocycles.